The van der Waals surface area contributed by atoms with Crippen molar-refractivity contribution in [2.45, 2.75) is 19.8 Å². The summed E-state index contributed by atoms with van der Waals surface area (Å²) < 4.78 is 15.8. The van der Waals surface area contributed by atoms with Crippen LogP contribution in [0.15, 0.2) is 22.6 Å². The molecule has 0 aliphatic rings. The van der Waals surface area contributed by atoms with E-state index in [-0.39, 0.29) is 6.01 Å². The normalized spacial score (nSPS) is 10.5. The predicted molar refractivity (Wildman–Crippen MR) is 72.6 cm³/mol. The van der Waals surface area contributed by atoms with Gasteiger partial charge in [-0.05, 0) is 31.0 Å². The van der Waals surface area contributed by atoms with Crippen LogP contribution in [-0.4, -0.2) is 19.2 Å². The largest absolute Gasteiger partial charge is 0.497 e. The van der Waals surface area contributed by atoms with Crippen LogP contribution in [0.5, 0.6) is 11.5 Å². The van der Waals surface area contributed by atoms with E-state index in [9.17, 15) is 0 Å². The second-order valence-electron chi connectivity index (χ2n) is 4.28. The van der Waals surface area contributed by atoms with Crippen LogP contribution in [0, 0.1) is 6.92 Å². The molecule has 19 heavy (non-hydrogen) atoms. The van der Waals surface area contributed by atoms with Crippen LogP contribution in [0.4, 0.5) is 6.01 Å². The third kappa shape index (κ3) is 3.19. The molecule has 5 nitrogen and oxygen atoms in total. The summed E-state index contributed by atoms with van der Waals surface area (Å²) in [5, 5.41) is 0. The van der Waals surface area contributed by atoms with Crippen molar-refractivity contribution in [2.24, 2.45) is 0 Å². The zero-order valence-electron chi connectivity index (χ0n) is 11.4. The summed E-state index contributed by atoms with van der Waals surface area (Å²) in [6.07, 6.45) is 1.55. The Kier molecular flexibility index (Phi) is 3.94. The molecule has 0 bridgehead atoms. The first-order chi connectivity index (χ1) is 9.12. The van der Waals surface area contributed by atoms with Crippen molar-refractivity contribution in [3.05, 3.63) is 35.2 Å². The summed E-state index contributed by atoms with van der Waals surface area (Å²) in [7, 11) is 3.28. The number of anilines is 1. The van der Waals surface area contributed by atoms with Gasteiger partial charge in [-0.25, -0.2) is 0 Å². The SMILES string of the molecule is COc1cc(CCc2oc(N)nc2C)cc(OC)c1. The molecule has 0 saturated carbocycles. The van der Waals surface area contributed by atoms with E-state index in [1.165, 1.54) is 0 Å². The molecule has 0 amide bonds. The minimum Gasteiger partial charge on any atom is -0.497 e. The fourth-order valence-electron chi connectivity index (χ4n) is 1.95. The van der Waals surface area contributed by atoms with Crippen molar-refractivity contribution >= 4 is 6.01 Å². The maximum Gasteiger partial charge on any atom is 0.292 e. The van der Waals surface area contributed by atoms with Crippen LogP contribution >= 0.6 is 0 Å². The quantitative estimate of drug-likeness (QED) is 0.895. The summed E-state index contributed by atoms with van der Waals surface area (Å²) in [6.45, 7) is 1.89. The van der Waals surface area contributed by atoms with Gasteiger partial charge in [-0.15, -0.1) is 0 Å². The summed E-state index contributed by atoms with van der Waals surface area (Å²) in [5.74, 6) is 2.38. The first kappa shape index (κ1) is 13.3. The van der Waals surface area contributed by atoms with Gasteiger partial charge in [-0.2, -0.15) is 4.98 Å². The molecule has 2 aromatic rings. The number of nitrogens with two attached hydrogens (primary N) is 1. The van der Waals surface area contributed by atoms with E-state index in [2.05, 4.69) is 4.98 Å². The van der Waals surface area contributed by atoms with E-state index in [0.717, 1.165) is 41.4 Å². The van der Waals surface area contributed by atoms with Gasteiger partial charge in [0.1, 0.15) is 17.3 Å². The Hall–Kier alpha value is -2.17. The van der Waals surface area contributed by atoms with Crippen molar-refractivity contribution in [3.8, 4) is 11.5 Å². The summed E-state index contributed by atoms with van der Waals surface area (Å²) in [6, 6.07) is 6.03. The van der Waals surface area contributed by atoms with Crippen molar-refractivity contribution < 1.29 is 13.9 Å². The highest BCUT2D eigenvalue weighted by Gasteiger charge is 2.08. The lowest BCUT2D eigenvalue weighted by molar-refractivity contribution is 0.393. The molecule has 102 valence electrons. The van der Waals surface area contributed by atoms with Crippen molar-refractivity contribution in [2.75, 3.05) is 20.0 Å². The third-order valence-electron chi connectivity index (χ3n) is 2.96. The Morgan fingerprint density at radius 3 is 2.21 bits per heavy atom. The molecule has 0 aliphatic heterocycles. The first-order valence-corrected chi connectivity index (χ1v) is 6.06. The van der Waals surface area contributed by atoms with Crippen LogP contribution in [0.2, 0.25) is 0 Å². The lowest BCUT2D eigenvalue weighted by Crippen LogP contribution is -1.95. The number of aromatic nitrogens is 1. The van der Waals surface area contributed by atoms with E-state index in [4.69, 9.17) is 19.6 Å². The number of rotatable bonds is 5. The Bertz CT molecular complexity index is 542. The molecule has 5 heteroatoms. The molecule has 0 aliphatic carbocycles. The summed E-state index contributed by atoms with van der Waals surface area (Å²) >= 11 is 0. The van der Waals surface area contributed by atoms with Crippen LogP contribution in [-0.2, 0) is 12.8 Å². The van der Waals surface area contributed by atoms with E-state index in [0.29, 0.717) is 0 Å². The fourth-order valence-corrected chi connectivity index (χ4v) is 1.95. The zero-order chi connectivity index (χ0) is 13.8. The molecule has 0 unspecified atom stereocenters. The Labute approximate surface area is 112 Å². The fraction of sp³-hybridized carbons (Fsp3) is 0.357. The maximum atomic E-state index is 5.52. The standard InChI is InChI=1S/C14H18N2O3/c1-9-13(19-14(15)16-9)5-4-10-6-11(17-2)8-12(7-10)18-3/h6-8H,4-5H2,1-3H3,(H2,15,16). The van der Waals surface area contributed by atoms with Crippen LogP contribution < -0.4 is 15.2 Å². The number of benzene rings is 1. The number of nitrogens with zero attached hydrogens (tertiary/aromatic N) is 1. The molecule has 1 aromatic carbocycles. The van der Waals surface area contributed by atoms with Gasteiger partial charge in [0, 0.05) is 12.5 Å². The van der Waals surface area contributed by atoms with Crippen molar-refractivity contribution in [1.82, 2.24) is 4.98 Å². The lowest BCUT2D eigenvalue weighted by Gasteiger charge is -2.08. The topological polar surface area (TPSA) is 70.5 Å². The molecule has 0 radical (unpaired) electrons. The van der Waals surface area contributed by atoms with Gasteiger partial charge in [-0.1, -0.05) is 0 Å². The second kappa shape index (κ2) is 5.65. The lowest BCUT2D eigenvalue weighted by atomic mass is 10.1. The van der Waals surface area contributed by atoms with E-state index in [1.807, 2.05) is 25.1 Å². The van der Waals surface area contributed by atoms with Crippen LogP contribution in [0.25, 0.3) is 0 Å². The Balaban J connectivity index is 2.12. The average molecular weight is 262 g/mol. The monoisotopic (exact) mass is 262 g/mol. The smallest absolute Gasteiger partial charge is 0.292 e. The number of aryl methyl sites for hydroxylation is 3. The summed E-state index contributed by atoms with van der Waals surface area (Å²) in [5.41, 5.74) is 7.48. The van der Waals surface area contributed by atoms with Gasteiger partial charge < -0.3 is 19.6 Å². The van der Waals surface area contributed by atoms with Gasteiger partial charge in [0.2, 0.25) is 0 Å². The molecule has 0 spiro atoms. The highest BCUT2D eigenvalue weighted by atomic mass is 16.5. The van der Waals surface area contributed by atoms with Gasteiger partial charge in [0.25, 0.3) is 6.01 Å². The Morgan fingerprint density at radius 1 is 1.11 bits per heavy atom. The van der Waals surface area contributed by atoms with Crippen LogP contribution in [0.1, 0.15) is 17.0 Å². The molecule has 0 fully saturated rings. The highest BCUT2D eigenvalue weighted by Crippen LogP contribution is 2.24. The van der Waals surface area contributed by atoms with Gasteiger partial charge >= 0.3 is 0 Å². The molecule has 0 saturated heterocycles. The molecule has 2 rings (SSSR count). The average Bonchev–Trinajstić information content (AvgIpc) is 2.74. The highest BCUT2D eigenvalue weighted by molar-refractivity contribution is 5.38. The van der Waals surface area contributed by atoms with Gasteiger partial charge in [0.15, 0.2) is 0 Å². The summed E-state index contributed by atoms with van der Waals surface area (Å²) in [4.78, 5) is 4.05. The number of hydrogen-bond acceptors (Lipinski definition) is 5. The van der Waals surface area contributed by atoms with Crippen LogP contribution in [0.3, 0.4) is 0 Å². The molecule has 1 aromatic heterocycles. The number of ether oxygens (including phenoxy) is 2. The number of hydrogen-bond donors (Lipinski definition) is 1. The molecular formula is C14H18N2O3. The predicted octanol–water partition coefficient (Wildman–Crippen LogP) is 2.37. The molecule has 0 atom stereocenters. The molecular weight excluding hydrogens is 244 g/mol. The second-order valence-corrected chi connectivity index (χ2v) is 4.28. The van der Waals surface area contributed by atoms with E-state index < -0.39 is 0 Å². The van der Waals surface area contributed by atoms with Gasteiger partial charge in [-0.3, -0.25) is 0 Å². The van der Waals surface area contributed by atoms with Crippen molar-refractivity contribution in [1.29, 1.82) is 0 Å². The minimum atomic E-state index is 0.218. The maximum absolute atomic E-state index is 5.52. The number of oxazole rings is 1. The van der Waals surface area contributed by atoms with Gasteiger partial charge in [0.05, 0.1) is 19.9 Å². The molecule has 1 heterocycles. The zero-order valence-corrected chi connectivity index (χ0v) is 11.4. The van der Waals surface area contributed by atoms with E-state index in [1.54, 1.807) is 14.2 Å². The Morgan fingerprint density at radius 2 is 1.74 bits per heavy atom. The van der Waals surface area contributed by atoms with Crippen molar-refractivity contribution in [3.63, 3.8) is 0 Å². The van der Waals surface area contributed by atoms with E-state index >= 15 is 0 Å². The third-order valence-corrected chi connectivity index (χ3v) is 2.96. The molecule has 2 N–H and O–H groups in total. The number of methoxy groups -OCH3 is 2. The minimum absolute atomic E-state index is 0.218. The number of nitrogen functional groups attached to an aromatic ring is 1. The first-order valence-electron chi connectivity index (χ1n) is 6.06.